The van der Waals surface area contributed by atoms with Gasteiger partial charge in [0.05, 0.1) is 10.6 Å². The molecule has 1 aliphatic rings. The lowest BCUT2D eigenvalue weighted by atomic mass is 10.1. The lowest BCUT2D eigenvalue weighted by molar-refractivity contribution is -0.387. The van der Waals surface area contributed by atoms with Crippen LogP contribution in [0.15, 0.2) is 23.1 Å². The molecule has 116 valence electrons. The molecule has 21 heavy (non-hydrogen) atoms. The van der Waals surface area contributed by atoms with Crippen LogP contribution in [-0.2, 0) is 10.0 Å². The fraction of sp³-hybridized carbons (Fsp3) is 0.500. The number of nitro groups is 1. The van der Waals surface area contributed by atoms with Crippen LogP contribution in [0.5, 0.6) is 0 Å². The van der Waals surface area contributed by atoms with Crippen molar-refractivity contribution < 1.29 is 13.3 Å². The summed E-state index contributed by atoms with van der Waals surface area (Å²) in [6.07, 6.45) is 2.82. The Labute approximate surface area is 122 Å². The Kier molecular flexibility index (Phi) is 4.17. The molecule has 1 fully saturated rings. The normalized spacial score (nSPS) is 16.5. The zero-order valence-corrected chi connectivity index (χ0v) is 12.4. The van der Waals surface area contributed by atoms with E-state index < -0.39 is 20.6 Å². The number of hydrogen-bond donors (Lipinski definition) is 3. The van der Waals surface area contributed by atoms with E-state index in [4.69, 9.17) is 5.84 Å². The van der Waals surface area contributed by atoms with Crippen LogP contribution in [0.1, 0.15) is 26.2 Å². The van der Waals surface area contributed by atoms with Crippen LogP contribution in [0, 0.1) is 15.5 Å². The molecule has 0 saturated heterocycles. The largest absolute Gasteiger partial charge is 0.324 e. The highest BCUT2D eigenvalue weighted by Crippen LogP contribution is 2.48. The Morgan fingerprint density at radius 1 is 1.43 bits per heavy atom. The van der Waals surface area contributed by atoms with E-state index in [1.807, 2.05) is 6.92 Å². The molecule has 0 amide bonds. The van der Waals surface area contributed by atoms with Crippen molar-refractivity contribution in [3.63, 3.8) is 0 Å². The minimum Gasteiger partial charge on any atom is -0.324 e. The SMILES string of the molecule is CCC1(CNS(=O)(=O)c2cc(NN)ccc2[N+](=O)[O-])CC1. The number of benzene rings is 1. The zero-order chi connectivity index (χ0) is 15.7. The maximum atomic E-state index is 12.3. The van der Waals surface area contributed by atoms with E-state index in [1.54, 1.807) is 0 Å². The lowest BCUT2D eigenvalue weighted by Gasteiger charge is -2.14. The van der Waals surface area contributed by atoms with Crippen molar-refractivity contribution in [1.29, 1.82) is 0 Å². The predicted octanol–water partition coefficient (Wildman–Crippen LogP) is 1.35. The van der Waals surface area contributed by atoms with Gasteiger partial charge in [-0.2, -0.15) is 0 Å². The Balaban J connectivity index is 2.31. The first kappa shape index (κ1) is 15.7. The van der Waals surface area contributed by atoms with Crippen molar-refractivity contribution >= 4 is 21.4 Å². The summed E-state index contributed by atoms with van der Waals surface area (Å²) in [4.78, 5) is 9.90. The molecule has 0 heterocycles. The minimum atomic E-state index is -3.96. The molecule has 8 nitrogen and oxygen atoms in total. The highest BCUT2D eigenvalue weighted by Gasteiger charge is 2.41. The van der Waals surface area contributed by atoms with Crippen LogP contribution in [0.2, 0.25) is 0 Å². The van der Waals surface area contributed by atoms with Crippen molar-refractivity contribution in [2.75, 3.05) is 12.0 Å². The summed E-state index contributed by atoms with van der Waals surface area (Å²) in [5, 5.41) is 11.0. The van der Waals surface area contributed by atoms with Gasteiger partial charge in [-0.25, -0.2) is 13.1 Å². The smallest absolute Gasteiger partial charge is 0.289 e. The lowest BCUT2D eigenvalue weighted by Crippen LogP contribution is -2.30. The average molecular weight is 314 g/mol. The van der Waals surface area contributed by atoms with Crippen LogP contribution < -0.4 is 16.0 Å². The third kappa shape index (κ3) is 3.31. The zero-order valence-electron chi connectivity index (χ0n) is 11.6. The summed E-state index contributed by atoms with van der Waals surface area (Å²) in [6.45, 7) is 2.30. The number of nitrogen functional groups attached to an aromatic ring is 1. The highest BCUT2D eigenvalue weighted by molar-refractivity contribution is 7.89. The summed E-state index contributed by atoms with van der Waals surface area (Å²) in [5.41, 5.74) is 2.11. The van der Waals surface area contributed by atoms with E-state index in [-0.39, 0.29) is 16.0 Å². The number of rotatable bonds is 7. The molecular weight excluding hydrogens is 296 g/mol. The number of hydrazine groups is 1. The molecular formula is C12H18N4O4S. The molecule has 0 spiro atoms. The molecule has 2 rings (SSSR count). The molecule has 0 unspecified atom stereocenters. The van der Waals surface area contributed by atoms with Gasteiger partial charge in [0.15, 0.2) is 4.90 Å². The van der Waals surface area contributed by atoms with Crippen LogP contribution in [-0.4, -0.2) is 19.9 Å². The Hall–Kier alpha value is -1.71. The van der Waals surface area contributed by atoms with Gasteiger partial charge in [-0.3, -0.25) is 16.0 Å². The second-order valence-electron chi connectivity index (χ2n) is 5.26. The van der Waals surface area contributed by atoms with Gasteiger partial charge in [-0.05, 0) is 36.8 Å². The van der Waals surface area contributed by atoms with E-state index in [9.17, 15) is 18.5 Å². The van der Waals surface area contributed by atoms with Crippen LogP contribution in [0.4, 0.5) is 11.4 Å². The van der Waals surface area contributed by atoms with Gasteiger partial charge in [0, 0.05) is 12.6 Å². The topological polar surface area (TPSA) is 127 Å². The number of nitrogens with zero attached hydrogens (tertiary/aromatic N) is 1. The summed E-state index contributed by atoms with van der Waals surface area (Å²) in [5.74, 6) is 5.23. The van der Waals surface area contributed by atoms with Crippen molar-refractivity contribution in [1.82, 2.24) is 4.72 Å². The monoisotopic (exact) mass is 314 g/mol. The minimum absolute atomic E-state index is 0.00553. The van der Waals surface area contributed by atoms with Crippen LogP contribution >= 0.6 is 0 Å². The molecule has 0 bridgehead atoms. The Morgan fingerprint density at radius 2 is 2.10 bits per heavy atom. The van der Waals surface area contributed by atoms with Crippen LogP contribution in [0.25, 0.3) is 0 Å². The van der Waals surface area contributed by atoms with E-state index in [2.05, 4.69) is 10.1 Å². The standard InChI is InChI=1S/C12H18N4O4S/c1-2-12(5-6-12)8-14-21(19,20)11-7-9(15-13)3-4-10(11)16(17)18/h3-4,7,14-15H,2,5-6,8,13H2,1H3. The maximum absolute atomic E-state index is 12.3. The first-order valence-electron chi connectivity index (χ1n) is 6.58. The molecule has 4 N–H and O–H groups in total. The first-order chi connectivity index (χ1) is 9.83. The molecule has 9 heteroatoms. The van der Waals surface area contributed by atoms with Gasteiger partial charge in [0.25, 0.3) is 5.69 Å². The van der Waals surface area contributed by atoms with Gasteiger partial charge >= 0.3 is 0 Å². The Bertz CT molecular complexity index is 655. The van der Waals surface area contributed by atoms with Gasteiger partial charge in [-0.15, -0.1) is 0 Å². The fourth-order valence-corrected chi connectivity index (χ4v) is 3.48. The molecule has 0 aliphatic heterocycles. The van der Waals surface area contributed by atoms with Crippen molar-refractivity contribution in [3.8, 4) is 0 Å². The molecule has 1 aromatic rings. The predicted molar refractivity (Wildman–Crippen MR) is 78.1 cm³/mol. The molecule has 0 aromatic heterocycles. The van der Waals surface area contributed by atoms with Gasteiger partial charge in [0.2, 0.25) is 10.0 Å². The number of anilines is 1. The van der Waals surface area contributed by atoms with Crippen LogP contribution in [0.3, 0.4) is 0 Å². The number of nitrogens with two attached hydrogens (primary N) is 1. The fourth-order valence-electron chi connectivity index (χ4n) is 2.13. The Morgan fingerprint density at radius 3 is 2.57 bits per heavy atom. The molecule has 1 aromatic carbocycles. The second kappa shape index (κ2) is 5.58. The molecule has 0 atom stereocenters. The van der Waals surface area contributed by atoms with Crippen molar-refractivity contribution in [2.45, 2.75) is 31.1 Å². The molecule has 1 aliphatic carbocycles. The van der Waals surface area contributed by atoms with E-state index >= 15 is 0 Å². The van der Waals surface area contributed by atoms with Crippen molar-refractivity contribution in [3.05, 3.63) is 28.3 Å². The number of hydrogen-bond acceptors (Lipinski definition) is 6. The maximum Gasteiger partial charge on any atom is 0.289 e. The third-order valence-electron chi connectivity index (χ3n) is 3.96. The van der Waals surface area contributed by atoms with Gasteiger partial charge in [-0.1, -0.05) is 6.92 Å². The highest BCUT2D eigenvalue weighted by atomic mass is 32.2. The summed E-state index contributed by atoms with van der Waals surface area (Å²) in [7, 11) is -3.96. The van der Waals surface area contributed by atoms with Crippen molar-refractivity contribution in [2.24, 2.45) is 11.3 Å². The molecule has 0 radical (unpaired) electrons. The van der Waals surface area contributed by atoms with E-state index in [1.165, 1.54) is 6.07 Å². The number of sulfonamides is 1. The van der Waals surface area contributed by atoms with E-state index in [0.29, 0.717) is 6.54 Å². The van der Waals surface area contributed by atoms with E-state index in [0.717, 1.165) is 31.4 Å². The summed E-state index contributed by atoms with van der Waals surface area (Å²) < 4.78 is 27.1. The number of nitrogens with one attached hydrogen (secondary N) is 2. The second-order valence-corrected chi connectivity index (χ2v) is 7.00. The van der Waals surface area contributed by atoms with Gasteiger partial charge < -0.3 is 5.43 Å². The third-order valence-corrected chi connectivity index (χ3v) is 5.39. The quantitative estimate of drug-likeness (QED) is 0.396. The number of nitro benzene ring substituents is 1. The average Bonchev–Trinajstić information content (AvgIpc) is 3.25. The summed E-state index contributed by atoms with van der Waals surface area (Å²) in [6, 6.07) is 3.63. The molecule has 1 saturated carbocycles. The summed E-state index contributed by atoms with van der Waals surface area (Å²) >= 11 is 0. The first-order valence-corrected chi connectivity index (χ1v) is 8.07. The van der Waals surface area contributed by atoms with Gasteiger partial charge in [0.1, 0.15) is 0 Å².